The van der Waals surface area contributed by atoms with E-state index in [0.29, 0.717) is 28.7 Å². The van der Waals surface area contributed by atoms with Crippen molar-refractivity contribution >= 4 is 34.1 Å². The van der Waals surface area contributed by atoms with Crippen LogP contribution in [0, 0.1) is 11.8 Å². The Bertz CT molecular complexity index is 681. The number of amides is 2. The average Bonchev–Trinajstić information content (AvgIpc) is 2.92. The van der Waals surface area contributed by atoms with Crippen LogP contribution in [-0.4, -0.2) is 41.1 Å². The number of ketones is 1. The lowest BCUT2D eigenvalue weighted by Crippen LogP contribution is -2.37. The quantitative estimate of drug-likeness (QED) is 0.843. The number of rotatable bonds is 6. The van der Waals surface area contributed by atoms with Gasteiger partial charge in [0.05, 0.1) is 16.5 Å². The molecule has 2 amide bonds. The monoisotopic (exact) mass is 363 g/mol. The maximum Gasteiger partial charge on any atom is 0.229 e. The third-order valence-corrected chi connectivity index (χ3v) is 6.15. The number of hydrogen-bond acceptors (Lipinski definition) is 5. The van der Waals surface area contributed by atoms with Gasteiger partial charge < -0.3 is 10.2 Å². The van der Waals surface area contributed by atoms with Crippen LogP contribution in [0.3, 0.4) is 0 Å². The molecule has 1 saturated carbocycles. The molecule has 136 valence electrons. The van der Waals surface area contributed by atoms with Crippen LogP contribution in [0.4, 0.5) is 5.13 Å². The van der Waals surface area contributed by atoms with Crippen molar-refractivity contribution in [2.24, 2.45) is 11.8 Å². The largest absolute Gasteiger partial charge is 0.346 e. The van der Waals surface area contributed by atoms with Crippen LogP contribution < -0.4 is 5.32 Å². The van der Waals surface area contributed by atoms with Gasteiger partial charge in [0.15, 0.2) is 10.9 Å². The molecule has 0 spiro atoms. The lowest BCUT2D eigenvalue weighted by Gasteiger charge is -2.25. The molecule has 1 fully saturated rings. The van der Waals surface area contributed by atoms with E-state index in [-0.39, 0.29) is 35.9 Å². The summed E-state index contributed by atoms with van der Waals surface area (Å²) in [6, 6.07) is 0. The average molecular weight is 363 g/mol. The Morgan fingerprint density at radius 3 is 2.68 bits per heavy atom. The molecular formula is C18H25N3O3S. The fourth-order valence-electron chi connectivity index (χ4n) is 3.25. The van der Waals surface area contributed by atoms with Crippen LogP contribution in [0.2, 0.25) is 0 Å². The first-order chi connectivity index (χ1) is 12.0. The van der Waals surface area contributed by atoms with Crippen molar-refractivity contribution in [3.8, 4) is 0 Å². The number of anilines is 1. The van der Waals surface area contributed by atoms with E-state index < -0.39 is 0 Å². The number of nitrogens with zero attached hydrogens (tertiary/aromatic N) is 2. The number of fused-ring (bicyclic) bond motifs is 1. The predicted molar refractivity (Wildman–Crippen MR) is 96.8 cm³/mol. The minimum Gasteiger partial charge on any atom is -0.346 e. The van der Waals surface area contributed by atoms with Gasteiger partial charge in [-0.15, -0.1) is 0 Å². The van der Waals surface area contributed by atoms with Crippen LogP contribution in [-0.2, 0) is 16.0 Å². The number of carbonyl (C=O) groups excluding carboxylic acids is 3. The molecule has 0 aromatic carbocycles. The third kappa shape index (κ3) is 3.92. The molecule has 0 saturated heterocycles. The molecule has 25 heavy (non-hydrogen) atoms. The second kappa shape index (κ2) is 7.64. The fraction of sp³-hybridized carbons (Fsp3) is 0.667. The molecular weight excluding hydrogens is 338 g/mol. The zero-order chi connectivity index (χ0) is 18.0. The van der Waals surface area contributed by atoms with Gasteiger partial charge >= 0.3 is 0 Å². The van der Waals surface area contributed by atoms with Crippen LogP contribution in [0.1, 0.15) is 60.8 Å². The van der Waals surface area contributed by atoms with Crippen molar-refractivity contribution in [2.45, 2.75) is 51.9 Å². The minimum atomic E-state index is -0.334. The molecule has 2 aliphatic carbocycles. The van der Waals surface area contributed by atoms with E-state index in [1.807, 2.05) is 0 Å². The van der Waals surface area contributed by atoms with Crippen molar-refractivity contribution < 1.29 is 14.4 Å². The molecule has 1 N–H and O–H groups in total. The van der Waals surface area contributed by atoms with Gasteiger partial charge in [-0.2, -0.15) is 0 Å². The first-order valence-corrected chi connectivity index (χ1v) is 9.90. The number of carbonyl (C=O) groups is 3. The zero-order valence-corrected chi connectivity index (χ0v) is 15.7. The van der Waals surface area contributed by atoms with Gasteiger partial charge in [0.2, 0.25) is 11.8 Å². The van der Waals surface area contributed by atoms with Gasteiger partial charge in [-0.05, 0) is 19.3 Å². The molecule has 0 aliphatic heterocycles. The van der Waals surface area contributed by atoms with Gasteiger partial charge in [0.25, 0.3) is 0 Å². The summed E-state index contributed by atoms with van der Waals surface area (Å²) in [4.78, 5) is 43.8. The minimum absolute atomic E-state index is 0.00304. The molecule has 1 heterocycles. The molecule has 1 aromatic heterocycles. The molecule has 0 bridgehead atoms. The van der Waals surface area contributed by atoms with Gasteiger partial charge in [0, 0.05) is 32.4 Å². The molecule has 6 nitrogen and oxygen atoms in total. The summed E-state index contributed by atoms with van der Waals surface area (Å²) in [7, 11) is 1.79. The summed E-state index contributed by atoms with van der Waals surface area (Å²) < 4.78 is 0. The summed E-state index contributed by atoms with van der Waals surface area (Å²) in [6.45, 7) is 2.80. The van der Waals surface area contributed by atoms with E-state index in [9.17, 15) is 14.4 Å². The molecule has 7 heteroatoms. The van der Waals surface area contributed by atoms with Gasteiger partial charge in [0.1, 0.15) is 0 Å². The Labute approximate surface area is 152 Å². The number of nitrogens with one attached hydrogen (secondary N) is 1. The van der Waals surface area contributed by atoms with Crippen molar-refractivity contribution in [2.75, 3.05) is 18.9 Å². The van der Waals surface area contributed by atoms with Crippen LogP contribution >= 0.6 is 11.3 Å². The lowest BCUT2D eigenvalue weighted by atomic mass is 9.85. The number of thiazole rings is 1. The molecule has 3 rings (SSSR count). The van der Waals surface area contributed by atoms with Crippen molar-refractivity contribution in [3.05, 3.63) is 10.6 Å². The first-order valence-electron chi connectivity index (χ1n) is 9.08. The van der Waals surface area contributed by atoms with E-state index in [0.717, 1.165) is 32.1 Å². The molecule has 1 aromatic rings. The highest BCUT2D eigenvalue weighted by atomic mass is 32.1. The molecule has 2 aliphatic rings. The Kier molecular flexibility index (Phi) is 5.51. The summed E-state index contributed by atoms with van der Waals surface area (Å²) in [6.07, 6.45) is 5.66. The highest BCUT2D eigenvalue weighted by Crippen LogP contribution is 2.34. The second-order valence-corrected chi connectivity index (χ2v) is 8.05. The SMILES string of the molecule is CCCCN(C)C(=O)C1CC(=O)c2sc(NC(=O)C3CCC3)nc2C1. The zero-order valence-electron chi connectivity index (χ0n) is 14.8. The standard InChI is InChI=1S/C18H25N3O3S/c1-3-4-8-21(2)17(24)12-9-13-15(14(22)10-12)25-18(19-13)20-16(23)11-6-5-7-11/h11-12H,3-10H2,1-2H3,(H,19,20,23). The van der Waals surface area contributed by atoms with Gasteiger partial charge in [-0.25, -0.2) is 4.98 Å². The Morgan fingerprint density at radius 1 is 1.28 bits per heavy atom. The van der Waals surface area contributed by atoms with E-state index in [1.165, 1.54) is 11.3 Å². The molecule has 1 unspecified atom stereocenters. The first kappa shape index (κ1) is 18.0. The number of hydrogen-bond donors (Lipinski definition) is 1. The normalized spacial score (nSPS) is 19.9. The Morgan fingerprint density at radius 2 is 2.04 bits per heavy atom. The fourth-order valence-corrected chi connectivity index (χ4v) is 4.20. The van der Waals surface area contributed by atoms with Crippen LogP contribution in [0.15, 0.2) is 0 Å². The van der Waals surface area contributed by atoms with E-state index in [4.69, 9.17) is 0 Å². The van der Waals surface area contributed by atoms with E-state index in [1.54, 1.807) is 11.9 Å². The molecule has 1 atom stereocenters. The smallest absolute Gasteiger partial charge is 0.229 e. The highest BCUT2D eigenvalue weighted by molar-refractivity contribution is 7.17. The maximum absolute atomic E-state index is 12.6. The predicted octanol–water partition coefficient (Wildman–Crippen LogP) is 2.89. The number of unbranched alkanes of at least 4 members (excludes halogenated alkanes) is 1. The second-order valence-electron chi connectivity index (χ2n) is 7.05. The third-order valence-electron chi connectivity index (χ3n) is 5.10. The summed E-state index contributed by atoms with van der Waals surface area (Å²) in [5.41, 5.74) is 0.660. The van der Waals surface area contributed by atoms with Gasteiger partial charge in [-0.3, -0.25) is 14.4 Å². The van der Waals surface area contributed by atoms with Gasteiger partial charge in [-0.1, -0.05) is 31.1 Å². The highest BCUT2D eigenvalue weighted by Gasteiger charge is 2.35. The summed E-state index contributed by atoms with van der Waals surface area (Å²) in [5, 5.41) is 3.33. The topological polar surface area (TPSA) is 79.4 Å². The maximum atomic E-state index is 12.6. The van der Waals surface area contributed by atoms with Crippen molar-refractivity contribution in [3.63, 3.8) is 0 Å². The number of aromatic nitrogens is 1. The van der Waals surface area contributed by atoms with E-state index >= 15 is 0 Å². The van der Waals surface area contributed by atoms with Crippen LogP contribution in [0.5, 0.6) is 0 Å². The van der Waals surface area contributed by atoms with Crippen molar-refractivity contribution in [1.82, 2.24) is 9.88 Å². The number of Topliss-reactive ketones (excluding diaryl/α,β-unsaturated/α-hetero) is 1. The summed E-state index contributed by atoms with van der Waals surface area (Å²) in [5.74, 6) is -0.278. The summed E-state index contributed by atoms with van der Waals surface area (Å²) >= 11 is 1.24. The molecule has 0 radical (unpaired) electrons. The van der Waals surface area contributed by atoms with Crippen molar-refractivity contribution in [1.29, 1.82) is 0 Å². The Balaban J connectivity index is 1.66. The van der Waals surface area contributed by atoms with E-state index in [2.05, 4.69) is 17.2 Å². The van der Waals surface area contributed by atoms with Crippen LogP contribution in [0.25, 0.3) is 0 Å². The lowest BCUT2D eigenvalue weighted by molar-refractivity contribution is -0.134. The Hall–Kier alpha value is -1.76.